The second-order valence-corrected chi connectivity index (χ2v) is 4.64. The second-order valence-electron chi connectivity index (χ2n) is 4.64. The third-order valence-electron chi connectivity index (χ3n) is 3.32. The lowest BCUT2D eigenvalue weighted by Crippen LogP contribution is -2.06. The summed E-state index contributed by atoms with van der Waals surface area (Å²) in [4.78, 5) is 0. The molecule has 1 heterocycles. The van der Waals surface area contributed by atoms with Crippen molar-refractivity contribution in [1.29, 1.82) is 0 Å². The molecular weight excluding hydrogens is 241 g/mol. The Kier molecular flexibility index (Phi) is 3.79. The first-order valence-corrected chi connectivity index (χ1v) is 6.38. The van der Waals surface area contributed by atoms with Crippen molar-refractivity contribution >= 4 is 5.82 Å². The number of nitrogens with zero attached hydrogens (tertiary/aromatic N) is 2. The molecule has 0 aliphatic carbocycles. The van der Waals surface area contributed by atoms with E-state index in [1.54, 1.807) is 6.07 Å². The van der Waals surface area contributed by atoms with Gasteiger partial charge >= 0.3 is 0 Å². The van der Waals surface area contributed by atoms with E-state index in [0.29, 0.717) is 0 Å². The van der Waals surface area contributed by atoms with Crippen LogP contribution in [-0.2, 0) is 0 Å². The third-order valence-corrected chi connectivity index (χ3v) is 3.32. The molecular formula is C15H18FN3. The molecule has 0 radical (unpaired) electrons. The van der Waals surface area contributed by atoms with Gasteiger partial charge in [-0.15, -0.1) is 10.2 Å². The van der Waals surface area contributed by atoms with Crippen LogP contribution in [0.5, 0.6) is 0 Å². The predicted octanol–water partition coefficient (Wildman–Crippen LogP) is 3.64. The Balaban J connectivity index is 2.57. The first-order chi connectivity index (χ1) is 9.04. The molecule has 1 aromatic heterocycles. The molecule has 1 N–H and O–H groups in total. The van der Waals surface area contributed by atoms with Gasteiger partial charge in [0, 0.05) is 12.1 Å². The quantitative estimate of drug-likeness (QED) is 0.914. The Morgan fingerprint density at radius 3 is 2.53 bits per heavy atom. The van der Waals surface area contributed by atoms with Crippen molar-refractivity contribution < 1.29 is 4.39 Å². The molecule has 3 nitrogen and oxygen atoms in total. The summed E-state index contributed by atoms with van der Waals surface area (Å²) in [5.41, 5.74) is 4.62. The van der Waals surface area contributed by atoms with Gasteiger partial charge < -0.3 is 5.32 Å². The van der Waals surface area contributed by atoms with Gasteiger partial charge in [-0.3, -0.25) is 0 Å². The van der Waals surface area contributed by atoms with Gasteiger partial charge in [-0.25, -0.2) is 4.39 Å². The second kappa shape index (κ2) is 5.34. The van der Waals surface area contributed by atoms with Gasteiger partial charge in [0.25, 0.3) is 0 Å². The van der Waals surface area contributed by atoms with Crippen LogP contribution in [0.3, 0.4) is 0 Å². The van der Waals surface area contributed by atoms with Crippen molar-refractivity contribution in [3.63, 3.8) is 0 Å². The summed E-state index contributed by atoms with van der Waals surface area (Å²) in [6.07, 6.45) is 0. The molecule has 0 fully saturated rings. The molecule has 0 atom stereocenters. The van der Waals surface area contributed by atoms with Crippen LogP contribution in [-0.4, -0.2) is 16.7 Å². The van der Waals surface area contributed by atoms with Gasteiger partial charge in [0.2, 0.25) is 0 Å². The van der Waals surface area contributed by atoms with Crippen LogP contribution in [0.1, 0.15) is 23.6 Å². The SMILES string of the molecule is CCNc1nnc(-c2cc(F)ccc2C)c(C)c1C. The number of aromatic nitrogens is 2. The zero-order valence-corrected chi connectivity index (χ0v) is 11.7. The molecule has 0 aliphatic heterocycles. The lowest BCUT2D eigenvalue weighted by molar-refractivity contribution is 0.628. The summed E-state index contributed by atoms with van der Waals surface area (Å²) in [6.45, 7) is 8.75. The van der Waals surface area contributed by atoms with E-state index in [9.17, 15) is 4.39 Å². The Morgan fingerprint density at radius 2 is 1.84 bits per heavy atom. The van der Waals surface area contributed by atoms with Crippen molar-refractivity contribution in [2.24, 2.45) is 0 Å². The molecule has 0 saturated carbocycles. The van der Waals surface area contributed by atoms with Gasteiger partial charge in [0.05, 0.1) is 5.69 Å². The van der Waals surface area contributed by atoms with E-state index >= 15 is 0 Å². The van der Waals surface area contributed by atoms with Crippen LogP contribution >= 0.6 is 0 Å². The molecule has 19 heavy (non-hydrogen) atoms. The van der Waals surface area contributed by atoms with Crippen molar-refractivity contribution in [2.75, 3.05) is 11.9 Å². The van der Waals surface area contributed by atoms with Crippen LogP contribution in [0.2, 0.25) is 0 Å². The minimum atomic E-state index is -0.254. The van der Waals surface area contributed by atoms with Crippen LogP contribution in [0.15, 0.2) is 18.2 Å². The molecule has 2 aromatic rings. The van der Waals surface area contributed by atoms with E-state index < -0.39 is 0 Å². The van der Waals surface area contributed by atoms with Crippen LogP contribution in [0, 0.1) is 26.6 Å². The molecule has 4 heteroatoms. The van der Waals surface area contributed by atoms with Crippen molar-refractivity contribution in [2.45, 2.75) is 27.7 Å². The molecule has 0 spiro atoms. The Bertz CT molecular complexity index is 609. The lowest BCUT2D eigenvalue weighted by Gasteiger charge is -2.13. The summed E-state index contributed by atoms with van der Waals surface area (Å²) < 4.78 is 13.4. The lowest BCUT2D eigenvalue weighted by atomic mass is 10.00. The zero-order valence-electron chi connectivity index (χ0n) is 11.7. The van der Waals surface area contributed by atoms with Crippen LogP contribution in [0.4, 0.5) is 10.2 Å². The normalized spacial score (nSPS) is 10.6. The summed E-state index contributed by atoms with van der Waals surface area (Å²) >= 11 is 0. The maximum atomic E-state index is 13.4. The number of hydrogen-bond acceptors (Lipinski definition) is 3. The molecule has 2 rings (SSSR count). The molecule has 1 aromatic carbocycles. The topological polar surface area (TPSA) is 37.8 Å². The van der Waals surface area contributed by atoms with Crippen LogP contribution < -0.4 is 5.32 Å². The van der Waals surface area contributed by atoms with E-state index in [0.717, 1.165) is 40.3 Å². The number of anilines is 1. The third kappa shape index (κ3) is 2.57. The first-order valence-electron chi connectivity index (χ1n) is 6.38. The van der Waals surface area contributed by atoms with Crippen LogP contribution in [0.25, 0.3) is 11.3 Å². The van der Waals surface area contributed by atoms with E-state index in [1.165, 1.54) is 12.1 Å². The van der Waals surface area contributed by atoms with Crippen molar-refractivity contribution in [3.8, 4) is 11.3 Å². The number of hydrogen-bond donors (Lipinski definition) is 1. The zero-order chi connectivity index (χ0) is 14.0. The van der Waals surface area contributed by atoms with Gasteiger partial charge in [-0.1, -0.05) is 6.07 Å². The smallest absolute Gasteiger partial charge is 0.151 e. The Labute approximate surface area is 112 Å². The molecule has 0 saturated heterocycles. The summed E-state index contributed by atoms with van der Waals surface area (Å²) in [5, 5.41) is 11.6. The fourth-order valence-corrected chi connectivity index (χ4v) is 2.05. The van der Waals surface area contributed by atoms with Crippen molar-refractivity contribution in [1.82, 2.24) is 10.2 Å². The fourth-order valence-electron chi connectivity index (χ4n) is 2.05. The van der Waals surface area contributed by atoms with Gasteiger partial charge in [0.1, 0.15) is 5.82 Å². The highest BCUT2D eigenvalue weighted by Gasteiger charge is 2.13. The number of aryl methyl sites for hydroxylation is 1. The van der Waals surface area contributed by atoms with Gasteiger partial charge in [-0.2, -0.15) is 0 Å². The molecule has 100 valence electrons. The fraction of sp³-hybridized carbons (Fsp3) is 0.333. The van der Waals surface area contributed by atoms with Gasteiger partial charge in [0.15, 0.2) is 5.82 Å². The molecule has 0 unspecified atom stereocenters. The average Bonchev–Trinajstić information content (AvgIpc) is 2.39. The summed E-state index contributed by atoms with van der Waals surface area (Å²) in [7, 11) is 0. The highest BCUT2D eigenvalue weighted by molar-refractivity contribution is 5.69. The Morgan fingerprint density at radius 1 is 1.11 bits per heavy atom. The monoisotopic (exact) mass is 259 g/mol. The summed E-state index contributed by atoms with van der Waals surface area (Å²) in [6, 6.07) is 4.74. The predicted molar refractivity (Wildman–Crippen MR) is 75.8 cm³/mol. The number of benzene rings is 1. The number of nitrogens with one attached hydrogen (secondary N) is 1. The molecule has 0 aliphatic rings. The Hall–Kier alpha value is -1.97. The maximum Gasteiger partial charge on any atom is 0.151 e. The first kappa shape index (κ1) is 13.5. The molecule has 0 amide bonds. The van der Waals surface area contributed by atoms with E-state index in [1.807, 2.05) is 27.7 Å². The maximum absolute atomic E-state index is 13.4. The number of rotatable bonds is 3. The highest BCUT2D eigenvalue weighted by Crippen LogP contribution is 2.28. The minimum Gasteiger partial charge on any atom is -0.369 e. The standard InChI is InChI=1S/C15H18FN3/c1-5-17-15-11(4)10(3)14(18-19-15)13-8-12(16)7-6-9(13)2/h6-8H,5H2,1-4H3,(H,17,19). The van der Waals surface area contributed by atoms with Crippen molar-refractivity contribution in [3.05, 3.63) is 40.7 Å². The average molecular weight is 259 g/mol. The van der Waals surface area contributed by atoms with Gasteiger partial charge in [-0.05, 0) is 56.5 Å². The minimum absolute atomic E-state index is 0.254. The highest BCUT2D eigenvalue weighted by atomic mass is 19.1. The van der Waals surface area contributed by atoms with E-state index in [2.05, 4.69) is 15.5 Å². The molecule has 0 bridgehead atoms. The van der Waals surface area contributed by atoms with E-state index in [-0.39, 0.29) is 5.82 Å². The largest absolute Gasteiger partial charge is 0.369 e. The summed E-state index contributed by atoms with van der Waals surface area (Å²) in [5.74, 6) is 0.535. The van der Waals surface area contributed by atoms with E-state index in [4.69, 9.17) is 0 Å². The number of halogens is 1.